The highest BCUT2D eigenvalue weighted by atomic mass is 32.2. The molecule has 0 aliphatic carbocycles. The maximum atomic E-state index is 11.9. The van der Waals surface area contributed by atoms with E-state index in [4.69, 9.17) is 10.5 Å². The molecule has 0 saturated carbocycles. The van der Waals surface area contributed by atoms with Gasteiger partial charge in [-0.3, -0.25) is 4.99 Å². The predicted octanol–water partition coefficient (Wildman–Crippen LogP) is 1.46. The minimum atomic E-state index is -3.46. The Balaban J connectivity index is 1.80. The Kier molecular flexibility index (Phi) is 5.97. The maximum absolute atomic E-state index is 11.9. The number of anilines is 1. The summed E-state index contributed by atoms with van der Waals surface area (Å²) in [4.78, 5) is 4.07. The number of thiophene rings is 1. The summed E-state index contributed by atoms with van der Waals surface area (Å²) >= 11 is 1.17. The van der Waals surface area contributed by atoms with Crippen LogP contribution in [0.1, 0.15) is 0 Å². The van der Waals surface area contributed by atoms with E-state index in [0.717, 1.165) is 11.4 Å². The number of ether oxygens (including phenoxy) is 1. The zero-order valence-corrected chi connectivity index (χ0v) is 14.2. The Morgan fingerprint density at radius 1 is 1.30 bits per heavy atom. The Hall–Kier alpha value is -2.10. The van der Waals surface area contributed by atoms with Gasteiger partial charge in [0, 0.05) is 12.2 Å². The zero-order chi connectivity index (χ0) is 16.7. The predicted molar refractivity (Wildman–Crippen MR) is 92.6 cm³/mol. The van der Waals surface area contributed by atoms with Gasteiger partial charge in [-0.25, -0.2) is 13.1 Å². The molecule has 2 rings (SSSR count). The van der Waals surface area contributed by atoms with Crippen molar-refractivity contribution in [1.29, 1.82) is 0 Å². The van der Waals surface area contributed by atoms with Crippen molar-refractivity contribution in [2.45, 2.75) is 4.21 Å². The van der Waals surface area contributed by atoms with Crippen LogP contribution in [-0.4, -0.2) is 34.6 Å². The van der Waals surface area contributed by atoms with Crippen LogP contribution in [0.3, 0.4) is 0 Å². The molecular formula is C14H18N4O3S2. The highest BCUT2D eigenvalue weighted by Crippen LogP contribution is 2.15. The van der Waals surface area contributed by atoms with Crippen LogP contribution in [0, 0.1) is 0 Å². The molecule has 0 bridgehead atoms. The van der Waals surface area contributed by atoms with Crippen LogP contribution >= 0.6 is 11.3 Å². The van der Waals surface area contributed by atoms with Crippen LogP contribution in [0.25, 0.3) is 0 Å². The van der Waals surface area contributed by atoms with Crippen molar-refractivity contribution in [1.82, 2.24) is 4.72 Å². The van der Waals surface area contributed by atoms with Crippen LogP contribution < -0.4 is 20.5 Å². The van der Waals surface area contributed by atoms with Crippen LogP contribution in [-0.2, 0) is 10.0 Å². The molecule has 0 amide bonds. The molecule has 1 aromatic heterocycles. The molecular weight excluding hydrogens is 336 g/mol. The molecule has 4 N–H and O–H groups in total. The third kappa shape index (κ3) is 5.23. The van der Waals surface area contributed by atoms with Crippen molar-refractivity contribution in [3.8, 4) is 5.75 Å². The van der Waals surface area contributed by atoms with E-state index in [2.05, 4.69) is 15.0 Å². The Bertz CT molecular complexity index is 741. The summed E-state index contributed by atoms with van der Waals surface area (Å²) in [7, 11) is -1.86. The van der Waals surface area contributed by atoms with E-state index in [1.165, 1.54) is 11.3 Å². The first kappa shape index (κ1) is 17.3. The lowest BCUT2D eigenvalue weighted by molar-refractivity contribution is 0.415. The van der Waals surface area contributed by atoms with Gasteiger partial charge in [0.1, 0.15) is 9.96 Å². The minimum Gasteiger partial charge on any atom is -0.497 e. The lowest BCUT2D eigenvalue weighted by atomic mass is 10.3. The molecule has 2 aromatic rings. The summed E-state index contributed by atoms with van der Waals surface area (Å²) in [6.45, 7) is 0.408. The summed E-state index contributed by atoms with van der Waals surface area (Å²) in [6.07, 6.45) is 0. The second-order valence-corrected chi connectivity index (χ2v) is 7.39. The quantitative estimate of drug-likeness (QED) is 0.396. The van der Waals surface area contributed by atoms with E-state index >= 15 is 0 Å². The number of benzene rings is 1. The van der Waals surface area contributed by atoms with Gasteiger partial charge in [0.25, 0.3) is 0 Å². The molecule has 0 aliphatic heterocycles. The molecule has 0 atom stereocenters. The van der Waals surface area contributed by atoms with Gasteiger partial charge in [0.2, 0.25) is 10.0 Å². The maximum Gasteiger partial charge on any atom is 0.250 e. The van der Waals surface area contributed by atoms with E-state index in [9.17, 15) is 8.42 Å². The molecule has 0 spiro atoms. The molecule has 1 aromatic carbocycles. The van der Waals surface area contributed by atoms with Crippen molar-refractivity contribution < 1.29 is 13.2 Å². The zero-order valence-electron chi connectivity index (χ0n) is 12.5. The van der Waals surface area contributed by atoms with Crippen molar-refractivity contribution in [3.63, 3.8) is 0 Å². The SMILES string of the molecule is COc1ccc(NC(N)=NCCNS(=O)(=O)c2cccs2)cc1. The monoisotopic (exact) mass is 354 g/mol. The van der Waals surface area contributed by atoms with Gasteiger partial charge in [-0.2, -0.15) is 0 Å². The molecule has 0 unspecified atom stereocenters. The first-order valence-corrected chi connectivity index (χ1v) is 9.12. The van der Waals surface area contributed by atoms with Crippen molar-refractivity contribution >= 4 is 33.0 Å². The summed E-state index contributed by atoms with van der Waals surface area (Å²) < 4.78 is 31.6. The Morgan fingerprint density at radius 3 is 2.65 bits per heavy atom. The van der Waals surface area contributed by atoms with Gasteiger partial charge in [0.05, 0.1) is 13.7 Å². The van der Waals surface area contributed by atoms with Crippen molar-refractivity contribution in [3.05, 3.63) is 41.8 Å². The van der Waals surface area contributed by atoms with Crippen LogP contribution in [0.4, 0.5) is 5.69 Å². The second kappa shape index (κ2) is 7.95. The third-order valence-electron chi connectivity index (χ3n) is 2.81. The topological polar surface area (TPSA) is 106 Å². The fraction of sp³-hybridized carbons (Fsp3) is 0.214. The van der Waals surface area contributed by atoms with E-state index in [0.29, 0.717) is 0 Å². The smallest absolute Gasteiger partial charge is 0.250 e. The average Bonchev–Trinajstić information content (AvgIpc) is 3.08. The first-order valence-electron chi connectivity index (χ1n) is 6.75. The molecule has 0 radical (unpaired) electrons. The van der Waals surface area contributed by atoms with E-state index in [1.54, 1.807) is 48.9 Å². The van der Waals surface area contributed by atoms with E-state index < -0.39 is 10.0 Å². The normalized spacial score (nSPS) is 12.1. The highest BCUT2D eigenvalue weighted by Gasteiger charge is 2.13. The number of nitrogens with zero attached hydrogens (tertiary/aromatic N) is 1. The lowest BCUT2D eigenvalue weighted by Crippen LogP contribution is -2.28. The van der Waals surface area contributed by atoms with Gasteiger partial charge in [0.15, 0.2) is 5.96 Å². The van der Waals surface area contributed by atoms with Crippen molar-refractivity contribution in [2.24, 2.45) is 10.7 Å². The highest BCUT2D eigenvalue weighted by molar-refractivity contribution is 7.91. The number of nitrogens with one attached hydrogen (secondary N) is 2. The molecule has 124 valence electrons. The average molecular weight is 354 g/mol. The standard InChI is InChI=1S/C14H18N4O3S2/c1-21-12-6-4-11(5-7-12)18-14(15)16-8-9-17-23(19,20)13-3-2-10-22-13/h2-7,10,17H,8-9H2,1H3,(H3,15,16,18). The number of sulfonamides is 1. The van der Waals surface area contributed by atoms with Gasteiger partial charge in [-0.1, -0.05) is 6.07 Å². The summed E-state index contributed by atoms with van der Waals surface area (Å²) in [5.41, 5.74) is 6.52. The largest absolute Gasteiger partial charge is 0.497 e. The molecule has 0 saturated heterocycles. The van der Waals surface area contributed by atoms with E-state index in [-0.39, 0.29) is 23.3 Å². The molecule has 7 nitrogen and oxygen atoms in total. The first-order chi connectivity index (χ1) is 11.0. The third-order valence-corrected chi connectivity index (χ3v) is 5.67. The van der Waals surface area contributed by atoms with Gasteiger partial charge in [-0.05, 0) is 35.7 Å². The number of guanidine groups is 1. The number of aliphatic imine (C=N–C) groups is 1. The molecule has 9 heteroatoms. The fourth-order valence-corrected chi connectivity index (χ4v) is 3.76. The molecule has 1 heterocycles. The molecule has 0 aliphatic rings. The van der Waals surface area contributed by atoms with E-state index in [1.807, 2.05) is 0 Å². The number of hydrogen-bond donors (Lipinski definition) is 3. The summed E-state index contributed by atoms with van der Waals surface area (Å²) in [5.74, 6) is 0.958. The fourth-order valence-electron chi connectivity index (χ4n) is 1.71. The number of hydrogen-bond acceptors (Lipinski definition) is 5. The second-order valence-electron chi connectivity index (χ2n) is 4.45. The molecule has 0 fully saturated rings. The minimum absolute atomic E-state index is 0.172. The van der Waals surface area contributed by atoms with Crippen LogP contribution in [0.15, 0.2) is 51.0 Å². The summed E-state index contributed by atoms with van der Waals surface area (Å²) in [6, 6.07) is 10.4. The number of methoxy groups -OCH3 is 1. The lowest BCUT2D eigenvalue weighted by Gasteiger charge is -2.07. The Morgan fingerprint density at radius 2 is 2.04 bits per heavy atom. The van der Waals surface area contributed by atoms with Crippen LogP contribution in [0.2, 0.25) is 0 Å². The Labute approximate surface area is 139 Å². The van der Waals surface area contributed by atoms with Crippen molar-refractivity contribution in [2.75, 3.05) is 25.5 Å². The molecule has 23 heavy (non-hydrogen) atoms. The number of rotatable bonds is 7. The van der Waals surface area contributed by atoms with Crippen LogP contribution in [0.5, 0.6) is 5.75 Å². The summed E-state index contributed by atoms with van der Waals surface area (Å²) in [5, 5.41) is 4.63. The van der Waals surface area contributed by atoms with Gasteiger partial charge < -0.3 is 15.8 Å². The van der Waals surface area contributed by atoms with Gasteiger partial charge in [-0.15, -0.1) is 11.3 Å². The number of nitrogens with two attached hydrogens (primary N) is 1. The van der Waals surface area contributed by atoms with Gasteiger partial charge >= 0.3 is 0 Å².